The topological polar surface area (TPSA) is 63.7 Å². The molecule has 0 N–H and O–H groups in total. The molecule has 0 spiro atoms. The predicted molar refractivity (Wildman–Crippen MR) is 117 cm³/mol. The van der Waals surface area contributed by atoms with Crippen LogP contribution in [-0.4, -0.2) is 10.8 Å². The third-order valence-corrected chi connectivity index (χ3v) is 6.15. The number of benzene rings is 2. The molecule has 0 radical (unpaired) electrons. The Bertz CT molecular complexity index is 1350. The van der Waals surface area contributed by atoms with E-state index in [2.05, 4.69) is 15.9 Å². The number of carbonyl (C=O) groups is 1. The molecule has 0 saturated heterocycles. The van der Waals surface area contributed by atoms with Gasteiger partial charge in [0.05, 0.1) is 29.8 Å². The minimum Gasteiger partial charge on any atom is -0.467 e. The number of fused-ring (bicyclic) bond motifs is 2. The van der Waals surface area contributed by atoms with E-state index in [0.717, 1.165) is 21.2 Å². The lowest BCUT2D eigenvalue weighted by molar-refractivity contribution is 0.0701. The van der Waals surface area contributed by atoms with Crippen molar-refractivity contribution in [1.82, 2.24) is 4.90 Å². The second-order valence-corrected chi connectivity index (χ2v) is 8.49. The van der Waals surface area contributed by atoms with Gasteiger partial charge in [-0.15, -0.1) is 0 Å². The Morgan fingerprint density at radius 1 is 1.03 bits per heavy atom. The van der Waals surface area contributed by atoms with Gasteiger partial charge in [0, 0.05) is 4.47 Å². The summed E-state index contributed by atoms with van der Waals surface area (Å²) < 4.78 is 12.4. The molecule has 2 aromatic heterocycles. The molecule has 2 aromatic carbocycles. The smallest absolute Gasteiger partial charge is 0.291 e. The van der Waals surface area contributed by atoms with E-state index in [9.17, 15) is 9.59 Å². The zero-order valence-corrected chi connectivity index (χ0v) is 18.0. The Morgan fingerprint density at radius 2 is 1.83 bits per heavy atom. The first-order valence-corrected chi connectivity index (χ1v) is 10.4. The minimum atomic E-state index is -0.558. The van der Waals surface area contributed by atoms with Crippen LogP contribution in [0.25, 0.3) is 11.0 Å². The zero-order valence-electron chi connectivity index (χ0n) is 16.4. The van der Waals surface area contributed by atoms with Crippen molar-refractivity contribution in [2.24, 2.45) is 0 Å². The SMILES string of the molecule is Cc1cc2oc3c(c(=O)c2cc1C)[C@@H](c1cccc(Br)c1)N(Cc1ccco1)C3=O. The molecule has 5 rings (SSSR count). The summed E-state index contributed by atoms with van der Waals surface area (Å²) in [6.45, 7) is 4.15. The molecule has 0 bridgehead atoms. The number of nitrogens with zero attached hydrogens (tertiary/aromatic N) is 1. The maximum Gasteiger partial charge on any atom is 0.291 e. The van der Waals surface area contributed by atoms with E-state index in [1.807, 2.05) is 56.3 Å². The van der Waals surface area contributed by atoms with Crippen LogP contribution < -0.4 is 5.43 Å². The van der Waals surface area contributed by atoms with Crippen molar-refractivity contribution in [2.75, 3.05) is 0 Å². The molecule has 1 atom stereocenters. The summed E-state index contributed by atoms with van der Waals surface area (Å²) in [5.41, 5.74) is 3.48. The molecule has 4 aromatic rings. The molecule has 1 aliphatic rings. The second-order valence-electron chi connectivity index (χ2n) is 7.58. The van der Waals surface area contributed by atoms with Gasteiger partial charge in [0.2, 0.25) is 5.76 Å². The molecular formula is C24H18BrNO4. The van der Waals surface area contributed by atoms with Crippen LogP contribution >= 0.6 is 15.9 Å². The van der Waals surface area contributed by atoms with E-state index >= 15 is 0 Å². The van der Waals surface area contributed by atoms with E-state index in [4.69, 9.17) is 8.83 Å². The van der Waals surface area contributed by atoms with Crippen LogP contribution in [0, 0.1) is 13.8 Å². The molecule has 0 aliphatic carbocycles. The van der Waals surface area contributed by atoms with Gasteiger partial charge in [0.15, 0.2) is 5.43 Å². The maximum atomic E-state index is 13.6. The summed E-state index contributed by atoms with van der Waals surface area (Å²) in [7, 11) is 0. The summed E-state index contributed by atoms with van der Waals surface area (Å²) in [4.78, 5) is 28.6. The Hall–Kier alpha value is -3.12. The number of hydrogen-bond donors (Lipinski definition) is 0. The first-order valence-electron chi connectivity index (χ1n) is 9.61. The minimum absolute atomic E-state index is 0.104. The predicted octanol–water partition coefficient (Wildman–Crippen LogP) is 5.51. The lowest BCUT2D eigenvalue weighted by Crippen LogP contribution is -2.29. The highest BCUT2D eigenvalue weighted by atomic mass is 79.9. The molecule has 30 heavy (non-hydrogen) atoms. The largest absolute Gasteiger partial charge is 0.467 e. The number of furan rings is 1. The van der Waals surface area contributed by atoms with Gasteiger partial charge in [-0.1, -0.05) is 28.1 Å². The average Bonchev–Trinajstić information content (AvgIpc) is 3.32. The number of halogens is 1. The van der Waals surface area contributed by atoms with E-state index in [1.165, 1.54) is 0 Å². The van der Waals surface area contributed by atoms with Crippen LogP contribution in [-0.2, 0) is 6.54 Å². The number of aryl methyl sites for hydroxylation is 2. The first kappa shape index (κ1) is 18.9. The molecule has 5 nitrogen and oxygen atoms in total. The van der Waals surface area contributed by atoms with Gasteiger partial charge >= 0.3 is 0 Å². The lowest BCUT2D eigenvalue weighted by atomic mass is 9.97. The van der Waals surface area contributed by atoms with E-state index in [1.54, 1.807) is 17.2 Å². The number of carbonyl (C=O) groups excluding carboxylic acids is 1. The Labute approximate surface area is 181 Å². The van der Waals surface area contributed by atoms with E-state index in [0.29, 0.717) is 22.3 Å². The molecule has 0 unspecified atom stereocenters. The van der Waals surface area contributed by atoms with Gasteiger partial charge in [-0.05, 0) is 66.9 Å². The monoisotopic (exact) mass is 463 g/mol. The van der Waals surface area contributed by atoms with Crippen LogP contribution in [0.2, 0.25) is 0 Å². The van der Waals surface area contributed by atoms with Crippen molar-refractivity contribution in [3.8, 4) is 0 Å². The van der Waals surface area contributed by atoms with Crippen LogP contribution in [0.3, 0.4) is 0 Å². The van der Waals surface area contributed by atoms with E-state index < -0.39 is 6.04 Å². The summed E-state index contributed by atoms with van der Waals surface area (Å²) in [5, 5.41) is 0.490. The second kappa shape index (κ2) is 6.99. The Balaban J connectivity index is 1.77. The van der Waals surface area contributed by atoms with Gasteiger partial charge in [-0.3, -0.25) is 9.59 Å². The lowest BCUT2D eigenvalue weighted by Gasteiger charge is -2.24. The Morgan fingerprint density at radius 3 is 2.57 bits per heavy atom. The highest BCUT2D eigenvalue weighted by Crippen LogP contribution is 2.40. The van der Waals surface area contributed by atoms with E-state index in [-0.39, 0.29) is 23.6 Å². The van der Waals surface area contributed by atoms with Crippen molar-refractivity contribution in [1.29, 1.82) is 0 Å². The van der Waals surface area contributed by atoms with Crippen LogP contribution in [0.15, 0.2) is 72.9 Å². The van der Waals surface area contributed by atoms with Gasteiger partial charge in [-0.25, -0.2) is 0 Å². The molecule has 6 heteroatoms. The Kier molecular flexibility index (Phi) is 4.40. The zero-order chi connectivity index (χ0) is 21.0. The normalized spacial score (nSPS) is 15.8. The van der Waals surface area contributed by atoms with Crippen LogP contribution in [0.4, 0.5) is 0 Å². The average molecular weight is 464 g/mol. The van der Waals surface area contributed by atoms with Crippen molar-refractivity contribution in [2.45, 2.75) is 26.4 Å². The molecule has 0 saturated carbocycles. The number of amides is 1. The molecule has 0 fully saturated rings. The molecule has 1 aliphatic heterocycles. The van der Waals surface area contributed by atoms with Crippen molar-refractivity contribution >= 4 is 32.8 Å². The fraction of sp³-hybridized carbons (Fsp3) is 0.167. The summed E-state index contributed by atoms with van der Waals surface area (Å²) in [6, 6.07) is 14.3. The third-order valence-electron chi connectivity index (χ3n) is 5.65. The molecule has 3 heterocycles. The summed E-state index contributed by atoms with van der Waals surface area (Å²) >= 11 is 3.50. The highest BCUT2D eigenvalue weighted by molar-refractivity contribution is 9.10. The molecule has 1 amide bonds. The third kappa shape index (κ3) is 2.91. The maximum absolute atomic E-state index is 13.6. The van der Waals surface area contributed by atoms with Gasteiger partial charge in [0.1, 0.15) is 11.3 Å². The standard InChI is InChI=1S/C24H18BrNO4/c1-13-9-18-19(10-14(13)2)30-23-20(22(18)27)21(15-5-3-6-16(25)11-15)26(24(23)28)12-17-7-4-8-29-17/h3-11,21H,12H2,1-2H3/t21-/m1/s1. The highest BCUT2D eigenvalue weighted by Gasteiger charge is 2.43. The summed E-state index contributed by atoms with van der Waals surface area (Å²) in [6.07, 6.45) is 1.57. The van der Waals surface area contributed by atoms with Gasteiger partial charge in [-0.2, -0.15) is 0 Å². The van der Waals surface area contributed by atoms with Crippen molar-refractivity contribution in [3.63, 3.8) is 0 Å². The van der Waals surface area contributed by atoms with Crippen molar-refractivity contribution < 1.29 is 13.6 Å². The quantitative estimate of drug-likeness (QED) is 0.401. The van der Waals surface area contributed by atoms with Gasteiger partial charge in [0.25, 0.3) is 5.91 Å². The molecular weight excluding hydrogens is 446 g/mol. The fourth-order valence-electron chi connectivity index (χ4n) is 4.03. The van der Waals surface area contributed by atoms with Crippen molar-refractivity contribution in [3.05, 3.63) is 103 Å². The molecule has 150 valence electrons. The number of rotatable bonds is 3. The fourth-order valence-corrected chi connectivity index (χ4v) is 4.45. The number of hydrogen-bond acceptors (Lipinski definition) is 4. The van der Waals surface area contributed by atoms with Crippen LogP contribution in [0.5, 0.6) is 0 Å². The first-order chi connectivity index (χ1) is 14.4. The van der Waals surface area contributed by atoms with Gasteiger partial charge < -0.3 is 13.7 Å². The summed E-state index contributed by atoms with van der Waals surface area (Å²) in [5.74, 6) is 0.427. The van der Waals surface area contributed by atoms with Crippen LogP contribution in [0.1, 0.15) is 44.6 Å².